The van der Waals surface area contributed by atoms with Crippen LogP contribution in [0.15, 0.2) is 6.20 Å². The molecule has 0 spiro atoms. The van der Waals surface area contributed by atoms with Gasteiger partial charge >= 0.3 is 0 Å². The number of methoxy groups -OCH3 is 1. The molecule has 0 bridgehead atoms. The van der Waals surface area contributed by atoms with Gasteiger partial charge in [0.05, 0.1) is 19.0 Å². The van der Waals surface area contributed by atoms with E-state index in [1.807, 2.05) is 4.68 Å². The Bertz CT molecular complexity index is 281. The van der Waals surface area contributed by atoms with Gasteiger partial charge in [0.15, 0.2) is 5.75 Å². The van der Waals surface area contributed by atoms with E-state index in [4.69, 9.17) is 4.74 Å². The lowest BCUT2D eigenvalue weighted by Gasteiger charge is -2.04. The lowest BCUT2D eigenvalue weighted by atomic mass is 10.3. The molecular weight excluding hydrogens is 168 g/mol. The Kier molecular flexibility index (Phi) is 3.49. The van der Waals surface area contributed by atoms with Crippen molar-refractivity contribution in [2.24, 2.45) is 0 Å². The average Bonchev–Trinajstić information content (AvgIpc) is 2.50. The third kappa shape index (κ3) is 2.08. The van der Waals surface area contributed by atoms with Gasteiger partial charge in [-0.2, -0.15) is 5.10 Å². The van der Waals surface area contributed by atoms with Gasteiger partial charge in [-0.25, -0.2) is 0 Å². The van der Waals surface area contributed by atoms with E-state index >= 15 is 0 Å². The lowest BCUT2D eigenvalue weighted by Crippen LogP contribution is -2.05. The molecule has 0 unspecified atom stereocenters. The number of rotatable bonds is 5. The van der Waals surface area contributed by atoms with Gasteiger partial charge < -0.3 is 9.53 Å². The van der Waals surface area contributed by atoms with Crippen LogP contribution in [0.5, 0.6) is 5.75 Å². The fraction of sp³-hybridized carbons (Fsp3) is 0.556. The van der Waals surface area contributed by atoms with Gasteiger partial charge in [0.25, 0.3) is 0 Å². The molecule has 0 amide bonds. The summed E-state index contributed by atoms with van der Waals surface area (Å²) in [6.45, 7) is 2.89. The van der Waals surface area contributed by atoms with Gasteiger partial charge in [-0.3, -0.25) is 4.68 Å². The molecule has 1 rings (SSSR count). The van der Waals surface area contributed by atoms with Crippen molar-refractivity contribution < 1.29 is 9.53 Å². The quantitative estimate of drug-likeness (QED) is 0.639. The normalized spacial score (nSPS) is 10.0. The number of nitrogens with zero attached hydrogens (tertiary/aromatic N) is 2. The molecule has 1 aromatic heterocycles. The van der Waals surface area contributed by atoms with Gasteiger partial charge in [-0.1, -0.05) is 6.92 Å². The Morgan fingerprint density at radius 2 is 2.46 bits per heavy atom. The minimum Gasteiger partial charge on any atom is -0.493 e. The zero-order valence-electron chi connectivity index (χ0n) is 7.99. The Hall–Kier alpha value is -1.32. The smallest absolute Gasteiger partial charge is 0.160 e. The van der Waals surface area contributed by atoms with Gasteiger partial charge in [-0.05, 0) is 6.42 Å². The molecule has 0 saturated heterocycles. The number of carbonyl (C=O) groups excluding carboxylic acids is 1. The molecule has 0 aliphatic heterocycles. The van der Waals surface area contributed by atoms with Crippen molar-refractivity contribution in [3.05, 3.63) is 11.9 Å². The first kappa shape index (κ1) is 9.77. The maximum atomic E-state index is 10.4. The number of carbonyl (C=O) groups is 1. The highest BCUT2D eigenvalue weighted by atomic mass is 16.5. The first-order valence-corrected chi connectivity index (χ1v) is 4.35. The summed E-state index contributed by atoms with van der Waals surface area (Å²) in [5.74, 6) is 0.695. The molecule has 0 atom stereocenters. The van der Waals surface area contributed by atoms with E-state index < -0.39 is 0 Å². The predicted molar refractivity (Wildman–Crippen MR) is 48.8 cm³/mol. The topological polar surface area (TPSA) is 44.1 Å². The number of hydrogen-bond donors (Lipinski definition) is 0. The molecule has 4 nitrogen and oxygen atoms in total. The summed E-state index contributed by atoms with van der Waals surface area (Å²) in [6, 6.07) is 0. The van der Waals surface area contributed by atoms with Crippen molar-refractivity contribution in [3.63, 3.8) is 0 Å². The molecule has 13 heavy (non-hydrogen) atoms. The van der Waals surface area contributed by atoms with Crippen molar-refractivity contribution in [3.8, 4) is 5.75 Å². The van der Waals surface area contributed by atoms with Gasteiger partial charge in [0.2, 0.25) is 0 Å². The largest absolute Gasteiger partial charge is 0.493 e. The second kappa shape index (κ2) is 4.64. The highest BCUT2D eigenvalue weighted by Crippen LogP contribution is 2.17. The van der Waals surface area contributed by atoms with Gasteiger partial charge in [0, 0.05) is 13.0 Å². The van der Waals surface area contributed by atoms with Crippen LogP contribution >= 0.6 is 0 Å². The molecule has 1 heterocycles. The standard InChI is InChI=1S/C9H14N2O2/c1-3-5-11-8(4-6-12)9(13-2)7-10-11/h6-7H,3-5H2,1-2H3. The van der Waals surface area contributed by atoms with Crippen LogP contribution in [0, 0.1) is 0 Å². The molecule has 0 aliphatic rings. The first-order chi connectivity index (χ1) is 6.33. The molecule has 0 radical (unpaired) electrons. The van der Waals surface area contributed by atoms with Gasteiger partial charge in [-0.15, -0.1) is 0 Å². The maximum absolute atomic E-state index is 10.4. The molecule has 4 heteroatoms. The van der Waals surface area contributed by atoms with Crippen LogP contribution in [-0.4, -0.2) is 23.2 Å². The number of ether oxygens (including phenoxy) is 1. The first-order valence-electron chi connectivity index (χ1n) is 4.35. The van der Waals surface area contributed by atoms with E-state index in [-0.39, 0.29) is 0 Å². The van der Waals surface area contributed by atoms with Crippen molar-refractivity contribution in [1.82, 2.24) is 9.78 Å². The van der Waals surface area contributed by atoms with Crippen LogP contribution in [0.4, 0.5) is 0 Å². The minimum absolute atomic E-state index is 0.364. The van der Waals surface area contributed by atoms with Crippen LogP contribution < -0.4 is 4.74 Å². The van der Waals surface area contributed by atoms with E-state index in [1.165, 1.54) is 0 Å². The molecule has 0 aromatic carbocycles. The summed E-state index contributed by atoms with van der Waals surface area (Å²) in [4.78, 5) is 10.4. The molecule has 0 saturated carbocycles. The number of aromatic nitrogens is 2. The Morgan fingerprint density at radius 3 is 3.00 bits per heavy atom. The average molecular weight is 182 g/mol. The fourth-order valence-electron chi connectivity index (χ4n) is 1.25. The van der Waals surface area contributed by atoms with Gasteiger partial charge in [0.1, 0.15) is 6.29 Å². The van der Waals surface area contributed by atoms with Crippen LogP contribution in [-0.2, 0) is 17.8 Å². The van der Waals surface area contributed by atoms with E-state index in [2.05, 4.69) is 12.0 Å². The van der Waals surface area contributed by atoms with E-state index in [0.29, 0.717) is 12.2 Å². The Morgan fingerprint density at radius 1 is 1.69 bits per heavy atom. The molecule has 0 N–H and O–H groups in total. The van der Waals surface area contributed by atoms with E-state index in [9.17, 15) is 4.79 Å². The number of hydrogen-bond acceptors (Lipinski definition) is 3. The maximum Gasteiger partial charge on any atom is 0.160 e. The van der Waals surface area contributed by atoms with E-state index in [0.717, 1.165) is 24.9 Å². The zero-order valence-corrected chi connectivity index (χ0v) is 7.99. The second-order valence-corrected chi connectivity index (χ2v) is 2.75. The monoisotopic (exact) mass is 182 g/mol. The molecule has 0 aliphatic carbocycles. The highest BCUT2D eigenvalue weighted by molar-refractivity contribution is 5.55. The summed E-state index contributed by atoms with van der Waals surface area (Å²) in [5.41, 5.74) is 0.861. The summed E-state index contributed by atoms with van der Waals surface area (Å²) in [5, 5.41) is 4.13. The summed E-state index contributed by atoms with van der Waals surface area (Å²) in [6.07, 6.45) is 3.88. The number of aryl methyl sites for hydroxylation is 1. The van der Waals surface area contributed by atoms with Crippen molar-refractivity contribution in [2.75, 3.05) is 7.11 Å². The third-order valence-electron chi connectivity index (χ3n) is 1.84. The number of aldehydes is 1. The van der Waals surface area contributed by atoms with Crippen molar-refractivity contribution >= 4 is 6.29 Å². The second-order valence-electron chi connectivity index (χ2n) is 2.75. The van der Waals surface area contributed by atoms with E-state index in [1.54, 1.807) is 13.3 Å². The molecule has 72 valence electrons. The summed E-state index contributed by atoms with van der Waals surface area (Å²) < 4.78 is 6.90. The zero-order chi connectivity index (χ0) is 9.68. The minimum atomic E-state index is 0.364. The Labute approximate surface area is 77.5 Å². The van der Waals surface area contributed by atoms with Crippen LogP contribution in [0.25, 0.3) is 0 Å². The van der Waals surface area contributed by atoms with Crippen molar-refractivity contribution in [1.29, 1.82) is 0 Å². The molecular formula is C9H14N2O2. The molecule has 1 aromatic rings. The predicted octanol–water partition coefficient (Wildman–Crippen LogP) is 1.04. The highest BCUT2D eigenvalue weighted by Gasteiger charge is 2.09. The fourth-order valence-corrected chi connectivity index (χ4v) is 1.25. The van der Waals surface area contributed by atoms with Crippen LogP contribution in [0.3, 0.4) is 0 Å². The SMILES string of the molecule is CCCn1ncc(OC)c1CC=O. The Balaban J connectivity index is 2.91. The third-order valence-corrected chi connectivity index (χ3v) is 1.84. The van der Waals surface area contributed by atoms with Crippen LogP contribution in [0.2, 0.25) is 0 Å². The summed E-state index contributed by atoms with van der Waals surface area (Å²) in [7, 11) is 1.58. The lowest BCUT2D eigenvalue weighted by molar-refractivity contribution is -0.107. The van der Waals surface area contributed by atoms with Crippen LogP contribution in [0.1, 0.15) is 19.0 Å². The summed E-state index contributed by atoms with van der Waals surface area (Å²) >= 11 is 0. The molecule has 0 fully saturated rings. The van der Waals surface area contributed by atoms with Crippen molar-refractivity contribution in [2.45, 2.75) is 26.3 Å².